The van der Waals surface area contributed by atoms with Gasteiger partial charge in [-0.05, 0) is 38.8 Å². The van der Waals surface area contributed by atoms with Gasteiger partial charge in [0, 0.05) is 13.2 Å². The van der Waals surface area contributed by atoms with E-state index in [2.05, 4.69) is 15.5 Å². The number of nitrogens with zero attached hydrogens (tertiary/aromatic N) is 3. The summed E-state index contributed by atoms with van der Waals surface area (Å²) in [5.74, 6) is 0.261. The number of aromatic nitrogens is 3. The molecule has 9 heteroatoms. The number of methoxy groups -OCH3 is 1. The maximum absolute atomic E-state index is 13.8. The van der Waals surface area contributed by atoms with Crippen LogP contribution in [0.1, 0.15) is 38.6 Å². The summed E-state index contributed by atoms with van der Waals surface area (Å²) in [6.45, 7) is 4.32. The van der Waals surface area contributed by atoms with E-state index >= 15 is 0 Å². The molecule has 2 aromatic rings. The van der Waals surface area contributed by atoms with Gasteiger partial charge in [-0.2, -0.15) is 0 Å². The van der Waals surface area contributed by atoms with Crippen molar-refractivity contribution >= 4 is 17.7 Å². The first-order valence-corrected chi connectivity index (χ1v) is 10.1. The Morgan fingerprint density at radius 2 is 2.11 bits per heavy atom. The second-order valence-corrected chi connectivity index (χ2v) is 8.14. The molecule has 1 aromatic carbocycles. The van der Waals surface area contributed by atoms with Crippen molar-refractivity contribution in [1.82, 2.24) is 20.1 Å². The Labute approximate surface area is 168 Å². The monoisotopic (exact) mass is 408 g/mol. The van der Waals surface area contributed by atoms with Crippen LogP contribution in [0.15, 0.2) is 29.4 Å². The number of carbonyl (C=O) groups excluding carboxylic acids is 1. The molecular weight excluding hydrogens is 383 g/mol. The summed E-state index contributed by atoms with van der Waals surface area (Å²) in [4.78, 5) is 12.3. The topological polar surface area (TPSA) is 78.3 Å². The average molecular weight is 408 g/mol. The lowest BCUT2D eigenvalue weighted by atomic mass is 10.3. The molecule has 2 atom stereocenters. The molecule has 152 valence electrons. The van der Waals surface area contributed by atoms with Gasteiger partial charge in [0.2, 0.25) is 5.91 Å². The van der Waals surface area contributed by atoms with E-state index in [1.807, 2.05) is 18.4 Å². The van der Waals surface area contributed by atoms with Crippen LogP contribution < -0.4 is 10.1 Å². The van der Waals surface area contributed by atoms with Crippen molar-refractivity contribution in [2.75, 3.05) is 13.7 Å². The number of carbonyl (C=O) groups is 1. The molecule has 0 bridgehead atoms. The van der Waals surface area contributed by atoms with Gasteiger partial charge in [0.1, 0.15) is 6.61 Å². The summed E-state index contributed by atoms with van der Waals surface area (Å²) in [6, 6.07) is 6.46. The summed E-state index contributed by atoms with van der Waals surface area (Å²) >= 11 is 1.34. The van der Waals surface area contributed by atoms with Crippen molar-refractivity contribution in [1.29, 1.82) is 0 Å². The molecule has 1 heterocycles. The molecular formula is C19H25FN4O3S. The first-order chi connectivity index (χ1) is 13.5. The SMILES string of the molecule is COC[C@H](C)n1c(COc2ccccc2F)nnc1S[C@@H](C)C(=O)NC1CC1. The maximum atomic E-state index is 13.8. The molecule has 1 N–H and O–H groups in total. The molecule has 0 radical (unpaired) electrons. The zero-order valence-corrected chi connectivity index (χ0v) is 17.0. The van der Waals surface area contributed by atoms with Crippen LogP contribution in [-0.4, -0.2) is 45.7 Å². The van der Waals surface area contributed by atoms with E-state index in [0.717, 1.165) is 12.8 Å². The first kappa shape index (κ1) is 20.6. The molecule has 1 aromatic heterocycles. The minimum atomic E-state index is -0.432. The van der Waals surface area contributed by atoms with E-state index in [1.165, 1.54) is 17.8 Å². The van der Waals surface area contributed by atoms with Gasteiger partial charge in [0.05, 0.1) is 17.9 Å². The van der Waals surface area contributed by atoms with Crippen molar-refractivity contribution in [2.45, 2.75) is 55.8 Å². The van der Waals surface area contributed by atoms with E-state index in [9.17, 15) is 9.18 Å². The number of thioether (sulfide) groups is 1. The molecule has 0 spiro atoms. The van der Waals surface area contributed by atoms with Crippen LogP contribution in [0.2, 0.25) is 0 Å². The third-order valence-corrected chi connectivity index (χ3v) is 5.41. The normalized spacial score (nSPS) is 15.9. The van der Waals surface area contributed by atoms with Gasteiger partial charge in [-0.3, -0.25) is 9.36 Å². The molecule has 1 saturated carbocycles. The van der Waals surface area contributed by atoms with E-state index in [-0.39, 0.29) is 29.6 Å². The predicted octanol–water partition coefficient (Wildman–Crippen LogP) is 2.96. The lowest BCUT2D eigenvalue weighted by molar-refractivity contribution is -0.120. The highest BCUT2D eigenvalue weighted by Crippen LogP contribution is 2.28. The molecule has 1 aliphatic rings. The molecule has 7 nitrogen and oxygen atoms in total. The molecule has 3 rings (SSSR count). The van der Waals surface area contributed by atoms with Crippen LogP contribution >= 0.6 is 11.8 Å². The molecule has 1 aliphatic carbocycles. The summed E-state index contributed by atoms with van der Waals surface area (Å²) < 4.78 is 26.6. The van der Waals surface area contributed by atoms with Crippen LogP contribution in [-0.2, 0) is 16.1 Å². The highest BCUT2D eigenvalue weighted by atomic mass is 32.2. The number of ether oxygens (including phenoxy) is 2. The van der Waals surface area contributed by atoms with E-state index in [0.29, 0.717) is 23.6 Å². The molecule has 0 aliphatic heterocycles. The van der Waals surface area contributed by atoms with Crippen LogP contribution in [0.4, 0.5) is 4.39 Å². The Bertz CT molecular complexity index is 812. The Morgan fingerprint density at radius 1 is 1.36 bits per heavy atom. The number of rotatable bonds is 10. The van der Waals surface area contributed by atoms with E-state index < -0.39 is 5.82 Å². The van der Waals surface area contributed by atoms with Gasteiger partial charge < -0.3 is 14.8 Å². The Morgan fingerprint density at radius 3 is 2.79 bits per heavy atom. The molecule has 1 fully saturated rings. The van der Waals surface area contributed by atoms with Crippen molar-refractivity contribution in [3.8, 4) is 5.75 Å². The number of hydrogen-bond acceptors (Lipinski definition) is 6. The zero-order chi connectivity index (χ0) is 20.1. The number of amides is 1. The highest BCUT2D eigenvalue weighted by Gasteiger charge is 2.28. The van der Waals surface area contributed by atoms with Gasteiger partial charge in [-0.15, -0.1) is 10.2 Å². The second-order valence-electron chi connectivity index (χ2n) is 6.84. The van der Waals surface area contributed by atoms with Crippen molar-refractivity contribution < 1.29 is 18.7 Å². The quantitative estimate of drug-likeness (QED) is 0.609. The lowest BCUT2D eigenvalue weighted by Crippen LogP contribution is -2.32. The van der Waals surface area contributed by atoms with Crippen LogP contribution in [0.5, 0.6) is 5.75 Å². The molecule has 0 saturated heterocycles. The molecule has 28 heavy (non-hydrogen) atoms. The average Bonchev–Trinajstić information content (AvgIpc) is 3.39. The largest absolute Gasteiger partial charge is 0.483 e. The summed E-state index contributed by atoms with van der Waals surface area (Å²) in [5, 5.41) is 11.7. The third-order valence-electron chi connectivity index (χ3n) is 4.35. The lowest BCUT2D eigenvalue weighted by Gasteiger charge is -2.19. The number of hydrogen-bond donors (Lipinski definition) is 1. The number of para-hydroxylation sites is 1. The van der Waals surface area contributed by atoms with Crippen LogP contribution in [0, 0.1) is 5.82 Å². The van der Waals surface area contributed by atoms with Crippen molar-refractivity contribution in [3.05, 3.63) is 35.9 Å². The van der Waals surface area contributed by atoms with Gasteiger partial charge >= 0.3 is 0 Å². The second kappa shape index (κ2) is 9.38. The summed E-state index contributed by atoms with van der Waals surface area (Å²) in [7, 11) is 1.62. The maximum Gasteiger partial charge on any atom is 0.233 e. The fourth-order valence-corrected chi connectivity index (χ4v) is 3.68. The minimum absolute atomic E-state index is 0.00870. The fraction of sp³-hybridized carbons (Fsp3) is 0.526. The van der Waals surface area contributed by atoms with Gasteiger partial charge in [-0.25, -0.2) is 4.39 Å². The fourth-order valence-electron chi connectivity index (χ4n) is 2.71. The smallest absolute Gasteiger partial charge is 0.233 e. The summed E-state index contributed by atoms with van der Waals surface area (Å²) in [6.07, 6.45) is 2.09. The third kappa shape index (κ3) is 5.23. The predicted molar refractivity (Wildman–Crippen MR) is 104 cm³/mol. The standard InChI is InChI=1S/C19H25FN4O3S/c1-12(10-26-3)24-17(11-27-16-7-5-4-6-15(16)20)22-23-19(24)28-13(2)18(25)21-14-8-9-14/h4-7,12-14H,8-11H2,1-3H3,(H,21,25)/t12-,13-/m0/s1. The van der Waals surface area contributed by atoms with Gasteiger partial charge in [-0.1, -0.05) is 23.9 Å². The number of nitrogens with one attached hydrogen (secondary N) is 1. The Balaban J connectivity index is 1.74. The van der Waals surface area contributed by atoms with Crippen molar-refractivity contribution in [2.24, 2.45) is 0 Å². The summed E-state index contributed by atoms with van der Waals surface area (Å²) in [5.41, 5.74) is 0. The molecule has 1 amide bonds. The first-order valence-electron chi connectivity index (χ1n) is 9.26. The van der Waals surface area contributed by atoms with Crippen LogP contribution in [0.3, 0.4) is 0 Å². The van der Waals surface area contributed by atoms with E-state index in [1.54, 1.807) is 25.3 Å². The number of benzene rings is 1. The van der Waals surface area contributed by atoms with Gasteiger partial charge in [0.25, 0.3) is 0 Å². The van der Waals surface area contributed by atoms with Crippen LogP contribution in [0.25, 0.3) is 0 Å². The van der Waals surface area contributed by atoms with Gasteiger partial charge in [0.15, 0.2) is 22.5 Å². The van der Waals surface area contributed by atoms with E-state index in [4.69, 9.17) is 9.47 Å². The molecule has 0 unspecified atom stereocenters. The number of halogens is 1. The minimum Gasteiger partial charge on any atom is -0.483 e. The highest BCUT2D eigenvalue weighted by molar-refractivity contribution is 8.00. The zero-order valence-electron chi connectivity index (χ0n) is 16.2. The van der Waals surface area contributed by atoms with Crippen molar-refractivity contribution in [3.63, 3.8) is 0 Å². The Kier molecular flexibility index (Phi) is 6.90. The Hall–Kier alpha value is -2.13.